The highest BCUT2D eigenvalue weighted by molar-refractivity contribution is 6.06. The molecule has 3 aliphatic heterocycles. The van der Waals surface area contributed by atoms with Gasteiger partial charge in [-0.05, 0) is 89.6 Å². The lowest BCUT2D eigenvalue weighted by atomic mass is 10.0. The third-order valence-electron chi connectivity index (χ3n) is 15.5. The number of H-pyrrole nitrogens is 3. The lowest BCUT2D eigenvalue weighted by Gasteiger charge is -2.34. The molecule has 9 heterocycles. The maximum Gasteiger partial charge on any atom is 0.410 e. The second kappa shape index (κ2) is 30.9. The normalized spacial score (nSPS) is 20.1. The smallest absolute Gasteiger partial charge is 0.410 e. The van der Waals surface area contributed by atoms with Gasteiger partial charge < -0.3 is 70.1 Å². The van der Waals surface area contributed by atoms with Crippen LogP contribution in [0.2, 0.25) is 0 Å². The number of halogens is 4. The predicted octanol–water partition coefficient (Wildman–Crippen LogP) is 10.4. The van der Waals surface area contributed by atoms with Crippen molar-refractivity contribution in [2.75, 3.05) is 75.0 Å². The molecule has 2 aliphatic carbocycles. The molecule has 23 nitrogen and oxygen atoms in total. The highest BCUT2D eigenvalue weighted by Gasteiger charge is 2.63. The van der Waals surface area contributed by atoms with Crippen molar-refractivity contribution in [3.8, 4) is 0 Å². The number of rotatable bonds is 16. The topological polar surface area (TPSA) is 300 Å². The second-order valence-corrected chi connectivity index (χ2v) is 21.8. The quantitative estimate of drug-likeness (QED) is 0.0253. The van der Waals surface area contributed by atoms with Crippen molar-refractivity contribution in [3.63, 3.8) is 0 Å². The third-order valence-corrected chi connectivity index (χ3v) is 15.5. The number of esters is 3. The molecule has 0 radical (unpaired) electrons. The Morgan fingerprint density at radius 2 is 0.989 bits per heavy atom. The van der Waals surface area contributed by atoms with E-state index in [-0.39, 0.29) is 50.4 Å². The van der Waals surface area contributed by atoms with Gasteiger partial charge in [-0.15, -0.1) is 0 Å². The number of anilines is 3. The number of pyridine rings is 3. The standard InChI is InChI=1S/C23H26N4O4.C19H22F2N4O3.C15H20N4O2.C4H4F2O2.C2H6/c1-2-30-22(28)19-13-25-21-18(10-11-24-21)20(19)26-17-9-6-12-27(14-17)23(29)31-15-16-7-4-3-5-8-16;1-2-28-18(27)13-9-23-16-12(5-6-22-16)15(13)24-11-4-3-7-25(10-11)17(26)14-8-19(14,20)21;1-2-21-15(20)12-9-18-14-11(5-7-17-14)13(12)19-10-4-3-6-16-8-10;5-4(6)1-2(4)3(7)8;1-2/h3-5,7-8,10-11,13,17H,2,6,9,12,14-15H2,1H3,(H2,24,25,26);5-6,9,11,14H,2-4,7-8,10H2,1H3,(H2,22,23,24);5,7,9-10,16H,2-4,6,8H2,1H3,(H2,17,18,19);2H,1H2,(H,7,8);1-2H3/t17-;11-,14+;10-;2-;/m1110./s1. The molecule has 1 aromatic carbocycles. The summed E-state index contributed by atoms with van der Waals surface area (Å²) in [6, 6.07) is 15.4. The van der Waals surface area contributed by atoms with Crippen molar-refractivity contribution in [2.45, 2.75) is 123 Å². The zero-order chi connectivity index (χ0) is 64.5. The number of aliphatic carboxylic acids is 1. The molecule has 5 fully saturated rings. The number of carbonyl (C=O) groups excluding carboxylic acids is 5. The lowest BCUT2D eigenvalue weighted by Crippen LogP contribution is -2.46. The third kappa shape index (κ3) is 17.0. The molecule has 484 valence electrons. The fourth-order valence-corrected chi connectivity index (χ4v) is 10.7. The number of nitrogens with one attached hydrogen (secondary N) is 7. The zero-order valence-corrected chi connectivity index (χ0v) is 51.0. The number of alkyl halides is 4. The van der Waals surface area contributed by atoms with E-state index >= 15 is 0 Å². The summed E-state index contributed by atoms with van der Waals surface area (Å²) in [5.74, 6) is -11.5. The van der Waals surface area contributed by atoms with E-state index in [4.69, 9.17) is 24.1 Å². The van der Waals surface area contributed by atoms with E-state index in [9.17, 15) is 46.3 Å². The van der Waals surface area contributed by atoms with Gasteiger partial charge in [-0.25, -0.2) is 51.7 Å². The Hall–Kier alpha value is -9.01. The van der Waals surface area contributed by atoms with Crippen LogP contribution in [0.5, 0.6) is 0 Å². The van der Waals surface area contributed by atoms with Gasteiger partial charge in [0.25, 0.3) is 11.8 Å². The summed E-state index contributed by atoms with van der Waals surface area (Å²) in [6.45, 7) is 14.3. The van der Waals surface area contributed by atoms with Crippen LogP contribution in [-0.2, 0) is 35.1 Å². The number of fused-ring (bicyclic) bond motifs is 3. The first-order chi connectivity index (χ1) is 43.4. The second-order valence-electron chi connectivity index (χ2n) is 21.8. The summed E-state index contributed by atoms with van der Waals surface area (Å²) in [5.41, 5.74) is 6.30. The van der Waals surface area contributed by atoms with Crippen molar-refractivity contribution in [2.24, 2.45) is 11.8 Å². The molecule has 5 atom stereocenters. The molecule has 8 N–H and O–H groups in total. The highest BCUT2D eigenvalue weighted by atomic mass is 19.3. The molecule has 0 spiro atoms. The molecule has 3 saturated heterocycles. The molecule has 27 heteroatoms. The fourth-order valence-electron chi connectivity index (χ4n) is 10.7. The van der Waals surface area contributed by atoms with E-state index in [0.29, 0.717) is 84.6 Å². The van der Waals surface area contributed by atoms with Crippen molar-refractivity contribution < 1.29 is 70.4 Å². The molecule has 90 heavy (non-hydrogen) atoms. The number of aromatic amines is 3. The first kappa shape index (κ1) is 66.9. The van der Waals surface area contributed by atoms with Crippen LogP contribution in [0.1, 0.15) is 123 Å². The monoisotopic (exact) mass is 1250 g/mol. The lowest BCUT2D eigenvalue weighted by molar-refractivity contribution is -0.141. The van der Waals surface area contributed by atoms with Gasteiger partial charge in [0.15, 0.2) is 0 Å². The van der Waals surface area contributed by atoms with E-state index in [1.807, 2.05) is 68.6 Å². The summed E-state index contributed by atoms with van der Waals surface area (Å²) in [4.78, 5) is 96.8. The molecule has 0 bridgehead atoms. The van der Waals surface area contributed by atoms with Gasteiger partial charge in [0.2, 0.25) is 5.91 Å². The first-order valence-electron chi connectivity index (χ1n) is 30.5. The Bertz CT molecular complexity index is 3580. The number of carboxylic acid groups (broad SMARTS) is 1. The first-order valence-corrected chi connectivity index (χ1v) is 30.5. The number of ether oxygens (including phenoxy) is 4. The van der Waals surface area contributed by atoms with Crippen LogP contribution in [0, 0.1) is 11.8 Å². The van der Waals surface area contributed by atoms with Gasteiger partial charge in [-0.1, -0.05) is 44.2 Å². The summed E-state index contributed by atoms with van der Waals surface area (Å²) >= 11 is 0. The van der Waals surface area contributed by atoms with E-state index in [0.717, 1.165) is 78.3 Å². The van der Waals surface area contributed by atoms with Crippen molar-refractivity contribution in [1.29, 1.82) is 0 Å². The van der Waals surface area contributed by atoms with Crippen LogP contribution in [0.3, 0.4) is 0 Å². The Morgan fingerprint density at radius 3 is 1.38 bits per heavy atom. The van der Waals surface area contributed by atoms with E-state index < -0.39 is 53.9 Å². The van der Waals surface area contributed by atoms with Crippen LogP contribution >= 0.6 is 0 Å². The Balaban J connectivity index is 0.000000164. The number of nitrogens with zero attached hydrogens (tertiary/aromatic N) is 5. The van der Waals surface area contributed by atoms with Crippen LogP contribution in [0.25, 0.3) is 33.1 Å². The van der Waals surface area contributed by atoms with Gasteiger partial charge in [-0.3, -0.25) is 9.59 Å². The summed E-state index contributed by atoms with van der Waals surface area (Å²) in [7, 11) is 0. The fraction of sp³-hybridized carbons (Fsp3) is 0.476. The molecular weight excluding hydrogens is 1180 g/mol. The van der Waals surface area contributed by atoms with E-state index in [1.165, 1.54) is 17.3 Å². The minimum absolute atomic E-state index is 0.0216. The maximum absolute atomic E-state index is 13.3. The number of piperidine rings is 3. The molecule has 7 aromatic rings. The molecule has 2 amide bonds. The van der Waals surface area contributed by atoms with E-state index in [1.54, 1.807) is 44.3 Å². The molecule has 12 rings (SSSR count). The number of hydrogen-bond acceptors (Lipinski definition) is 17. The van der Waals surface area contributed by atoms with Crippen molar-refractivity contribution in [3.05, 3.63) is 108 Å². The van der Waals surface area contributed by atoms with Crippen LogP contribution in [0.4, 0.5) is 39.4 Å². The number of likely N-dealkylation sites (tertiary alicyclic amines) is 2. The van der Waals surface area contributed by atoms with Crippen LogP contribution in [0.15, 0.2) is 85.7 Å². The number of carbonyl (C=O) groups is 6. The minimum Gasteiger partial charge on any atom is -0.481 e. The predicted molar refractivity (Wildman–Crippen MR) is 329 cm³/mol. The Kier molecular flexibility index (Phi) is 23.0. The average Bonchev–Trinajstić information content (AvgIpc) is 1.65. The van der Waals surface area contributed by atoms with Gasteiger partial charge in [0, 0.05) is 117 Å². The van der Waals surface area contributed by atoms with Gasteiger partial charge in [0.05, 0.1) is 36.9 Å². The number of amides is 2. The van der Waals surface area contributed by atoms with Gasteiger partial charge >= 0.3 is 30.0 Å². The minimum atomic E-state index is -2.91. The summed E-state index contributed by atoms with van der Waals surface area (Å²) < 4.78 is 70.8. The molecule has 6 aromatic heterocycles. The maximum atomic E-state index is 13.3. The van der Waals surface area contributed by atoms with Crippen LogP contribution in [-0.4, -0.2) is 170 Å². The molecule has 0 unspecified atom stereocenters. The summed E-state index contributed by atoms with van der Waals surface area (Å²) in [5, 5.41) is 24.1. The number of hydrogen-bond donors (Lipinski definition) is 8. The highest BCUT2D eigenvalue weighted by Crippen LogP contribution is 2.50. The van der Waals surface area contributed by atoms with Crippen molar-refractivity contribution in [1.82, 2.24) is 45.0 Å². The van der Waals surface area contributed by atoms with Crippen molar-refractivity contribution >= 4 is 86.0 Å². The molecular formula is C63H78F4N12O11. The summed E-state index contributed by atoms with van der Waals surface area (Å²) in [6.07, 6.45) is 14.1. The van der Waals surface area contributed by atoms with Crippen LogP contribution < -0.4 is 21.3 Å². The van der Waals surface area contributed by atoms with Gasteiger partial charge in [0.1, 0.15) is 52.1 Å². The Morgan fingerprint density at radius 1 is 0.578 bits per heavy atom. The average molecular weight is 1260 g/mol. The number of benzene rings is 1. The zero-order valence-electron chi connectivity index (χ0n) is 51.0. The number of aromatic nitrogens is 6. The molecule has 2 saturated carbocycles. The number of carboxylic acids is 1. The largest absolute Gasteiger partial charge is 0.481 e. The molecule has 5 aliphatic rings. The van der Waals surface area contributed by atoms with E-state index in [2.05, 4.69) is 51.2 Å². The SMILES string of the molecule is CC.CCOC(=O)c1cnc2[nH]ccc2c1N[C@@H]1CCCN(C(=O)OCc2ccccc2)C1.CCOC(=O)c1cnc2[nH]ccc2c1N[C@@H]1CCCN(C(=O)[C@@H]2CC2(F)F)C1.CCOC(=O)c1cnc2[nH]ccc2c1N[C@@H]1CCCNC1.O=C(O)[C@@H]1CC1(F)F. The van der Waals surface area contributed by atoms with Gasteiger partial charge in [-0.2, -0.15) is 0 Å². The Labute approximate surface area is 517 Å².